The summed E-state index contributed by atoms with van der Waals surface area (Å²) < 4.78 is 4.85. The van der Waals surface area contributed by atoms with E-state index in [1.807, 2.05) is 19.2 Å². The first kappa shape index (κ1) is 22.5. The molecule has 8 heteroatoms. The van der Waals surface area contributed by atoms with E-state index in [1.54, 1.807) is 30.3 Å². The number of benzene rings is 2. The molecule has 0 aliphatic rings. The summed E-state index contributed by atoms with van der Waals surface area (Å²) in [6.45, 7) is 3.57. The number of ketones is 2. The number of amides is 3. The lowest BCUT2D eigenvalue weighted by Gasteiger charge is -2.09. The van der Waals surface area contributed by atoms with Crippen LogP contribution in [0, 0.1) is 5.92 Å². The summed E-state index contributed by atoms with van der Waals surface area (Å²) in [5, 5.41) is 4.55. The SMILES string of the molecule is CC(C)CNC(=O)NC(=O)COC(=O)c1ccc(C(=O)C(=O)c2ccccc2)cc1. The van der Waals surface area contributed by atoms with Gasteiger partial charge in [0.2, 0.25) is 11.6 Å². The second kappa shape index (κ2) is 10.7. The Labute approximate surface area is 173 Å². The fourth-order valence-electron chi connectivity index (χ4n) is 2.33. The maximum absolute atomic E-state index is 12.3. The number of nitrogens with one attached hydrogen (secondary N) is 2. The fraction of sp³-hybridized carbons (Fsp3) is 0.227. The van der Waals surface area contributed by atoms with Gasteiger partial charge in [-0.05, 0) is 18.1 Å². The van der Waals surface area contributed by atoms with Gasteiger partial charge in [-0.1, -0.05) is 56.3 Å². The zero-order valence-corrected chi connectivity index (χ0v) is 16.6. The van der Waals surface area contributed by atoms with Crippen molar-refractivity contribution >= 4 is 29.5 Å². The van der Waals surface area contributed by atoms with Gasteiger partial charge in [0, 0.05) is 17.7 Å². The van der Waals surface area contributed by atoms with Crippen molar-refractivity contribution < 1.29 is 28.7 Å². The van der Waals surface area contributed by atoms with Crippen LogP contribution in [-0.4, -0.2) is 42.6 Å². The minimum atomic E-state index is -0.805. The van der Waals surface area contributed by atoms with E-state index in [4.69, 9.17) is 4.74 Å². The number of carbonyl (C=O) groups is 5. The van der Waals surface area contributed by atoms with Gasteiger partial charge >= 0.3 is 12.0 Å². The highest BCUT2D eigenvalue weighted by Crippen LogP contribution is 2.10. The summed E-state index contributed by atoms with van der Waals surface area (Å²) in [7, 11) is 0. The number of imide groups is 1. The van der Waals surface area contributed by atoms with Crippen molar-refractivity contribution in [2.75, 3.05) is 13.2 Å². The Morgan fingerprint density at radius 1 is 0.800 bits per heavy atom. The third-order valence-corrected chi connectivity index (χ3v) is 3.88. The second-order valence-corrected chi connectivity index (χ2v) is 6.83. The van der Waals surface area contributed by atoms with Crippen molar-refractivity contribution in [1.29, 1.82) is 0 Å². The molecule has 0 unspecified atom stereocenters. The number of carbonyl (C=O) groups excluding carboxylic acids is 5. The molecule has 2 aromatic rings. The Morgan fingerprint density at radius 3 is 1.90 bits per heavy atom. The number of esters is 1. The summed E-state index contributed by atoms with van der Waals surface area (Å²) in [6, 6.07) is 12.8. The molecule has 0 aliphatic heterocycles. The molecular weight excluding hydrogens is 388 g/mol. The molecule has 3 amide bonds. The van der Waals surface area contributed by atoms with Crippen molar-refractivity contribution in [3.05, 3.63) is 71.3 Å². The van der Waals surface area contributed by atoms with Crippen LogP contribution in [0.15, 0.2) is 54.6 Å². The molecule has 0 atom stereocenters. The Balaban J connectivity index is 1.87. The zero-order valence-electron chi connectivity index (χ0n) is 16.6. The minimum Gasteiger partial charge on any atom is -0.452 e. The molecule has 2 aromatic carbocycles. The first-order valence-electron chi connectivity index (χ1n) is 9.27. The monoisotopic (exact) mass is 410 g/mol. The van der Waals surface area contributed by atoms with Crippen LogP contribution in [0.4, 0.5) is 4.79 Å². The van der Waals surface area contributed by atoms with Crippen molar-refractivity contribution in [1.82, 2.24) is 10.6 Å². The number of Topliss-reactive ketones (excluding diaryl/α,β-unsaturated/α-hetero) is 2. The summed E-state index contributed by atoms with van der Waals surface area (Å²) in [5.41, 5.74) is 0.491. The molecule has 30 heavy (non-hydrogen) atoms. The Kier molecular flexibility index (Phi) is 7.99. The highest BCUT2D eigenvalue weighted by molar-refractivity contribution is 6.49. The van der Waals surface area contributed by atoms with Gasteiger partial charge in [-0.15, -0.1) is 0 Å². The van der Waals surface area contributed by atoms with E-state index in [0.29, 0.717) is 6.54 Å². The van der Waals surface area contributed by atoms with Gasteiger partial charge in [0.25, 0.3) is 5.91 Å². The molecule has 2 N–H and O–H groups in total. The molecule has 0 heterocycles. The standard InChI is InChI=1S/C22H22N2O6/c1-14(2)12-23-22(29)24-18(25)13-30-21(28)17-10-8-16(9-11-17)20(27)19(26)15-6-4-3-5-7-15/h3-11,14H,12-13H2,1-2H3,(H2,23,24,25,29). The first-order chi connectivity index (χ1) is 14.3. The van der Waals surface area contributed by atoms with Crippen LogP contribution < -0.4 is 10.6 Å². The second-order valence-electron chi connectivity index (χ2n) is 6.83. The largest absolute Gasteiger partial charge is 0.452 e. The van der Waals surface area contributed by atoms with E-state index in [0.717, 1.165) is 0 Å². The third-order valence-electron chi connectivity index (χ3n) is 3.88. The van der Waals surface area contributed by atoms with Gasteiger partial charge in [-0.25, -0.2) is 9.59 Å². The number of ether oxygens (including phenoxy) is 1. The molecule has 0 fully saturated rings. The van der Waals surface area contributed by atoms with Crippen molar-refractivity contribution in [3.8, 4) is 0 Å². The zero-order chi connectivity index (χ0) is 22.1. The van der Waals surface area contributed by atoms with Crippen molar-refractivity contribution in [2.24, 2.45) is 5.92 Å². The summed E-state index contributed by atoms with van der Waals surface area (Å²) in [6.07, 6.45) is 0. The number of hydrogen-bond donors (Lipinski definition) is 2. The lowest BCUT2D eigenvalue weighted by molar-refractivity contribution is -0.123. The van der Waals surface area contributed by atoms with Gasteiger partial charge in [-0.3, -0.25) is 19.7 Å². The average Bonchev–Trinajstić information content (AvgIpc) is 2.75. The first-order valence-corrected chi connectivity index (χ1v) is 9.27. The Hall–Kier alpha value is -3.81. The molecular formula is C22H22N2O6. The van der Waals surface area contributed by atoms with E-state index in [9.17, 15) is 24.0 Å². The predicted molar refractivity (Wildman–Crippen MR) is 108 cm³/mol. The van der Waals surface area contributed by atoms with Gasteiger partial charge < -0.3 is 10.1 Å². The normalized spacial score (nSPS) is 10.2. The highest BCUT2D eigenvalue weighted by Gasteiger charge is 2.19. The van der Waals surface area contributed by atoms with E-state index in [-0.39, 0.29) is 22.6 Å². The maximum atomic E-state index is 12.3. The molecule has 0 saturated heterocycles. The van der Waals surface area contributed by atoms with E-state index >= 15 is 0 Å². The van der Waals surface area contributed by atoms with Crippen LogP contribution in [0.3, 0.4) is 0 Å². The number of urea groups is 1. The number of hydrogen-bond acceptors (Lipinski definition) is 6. The van der Waals surface area contributed by atoms with E-state index < -0.39 is 36.1 Å². The molecule has 0 saturated carbocycles. The number of rotatable bonds is 8. The summed E-state index contributed by atoms with van der Waals surface area (Å²) in [4.78, 5) is 59.7. The maximum Gasteiger partial charge on any atom is 0.338 e. The third kappa shape index (κ3) is 6.66. The molecule has 156 valence electrons. The van der Waals surface area contributed by atoms with Gasteiger partial charge in [0.1, 0.15) is 0 Å². The van der Waals surface area contributed by atoms with Crippen LogP contribution in [0.2, 0.25) is 0 Å². The van der Waals surface area contributed by atoms with Crippen molar-refractivity contribution in [3.63, 3.8) is 0 Å². The lowest BCUT2D eigenvalue weighted by Crippen LogP contribution is -2.42. The van der Waals surface area contributed by atoms with Crippen molar-refractivity contribution in [2.45, 2.75) is 13.8 Å². The molecule has 8 nitrogen and oxygen atoms in total. The fourth-order valence-corrected chi connectivity index (χ4v) is 2.33. The molecule has 0 aromatic heterocycles. The van der Waals surface area contributed by atoms with E-state index in [2.05, 4.69) is 5.32 Å². The average molecular weight is 410 g/mol. The van der Waals surface area contributed by atoms with Crippen LogP contribution in [0.1, 0.15) is 44.9 Å². The predicted octanol–water partition coefficient (Wildman–Crippen LogP) is 2.39. The molecule has 0 radical (unpaired) electrons. The highest BCUT2D eigenvalue weighted by atomic mass is 16.5. The smallest absolute Gasteiger partial charge is 0.338 e. The van der Waals surface area contributed by atoms with Crippen LogP contribution in [-0.2, 0) is 9.53 Å². The minimum absolute atomic E-state index is 0.0933. The van der Waals surface area contributed by atoms with Gasteiger partial charge in [0.05, 0.1) is 5.56 Å². The van der Waals surface area contributed by atoms with Gasteiger partial charge in [0.15, 0.2) is 6.61 Å². The Morgan fingerprint density at radius 2 is 1.33 bits per heavy atom. The molecule has 0 aliphatic carbocycles. The Bertz CT molecular complexity index is 936. The summed E-state index contributed by atoms with van der Waals surface area (Å²) >= 11 is 0. The van der Waals surface area contributed by atoms with Crippen LogP contribution >= 0.6 is 0 Å². The topological polar surface area (TPSA) is 119 Å². The van der Waals surface area contributed by atoms with E-state index in [1.165, 1.54) is 24.3 Å². The van der Waals surface area contributed by atoms with Crippen LogP contribution in [0.25, 0.3) is 0 Å². The van der Waals surface area contributed by atoms with Crippen LogP contribution in [0.5, 0.6) is 0 Å². The molecule has 0 spiro atoms. The summed E-state index contributed by atoms with van der Waals surface area (Å²) in [5.74, 6) is -2.71. The quantitative estimate of drug-likeness (QED) is 0.392. The van der Waals surface area contributed by atoms with Gasteiger partial charge in [-0.2, -0.15) is 0 Å². The molecule has 0 bridgehead atoms. The lowest BCUT2D eigenvalue weighted by atomic mass is 10.0. The molecule has 2 rings (SSSR count).